The lowest BCUT2D eigenvalue weighted by Crippen LogP contribution is -2.27. The second-order valence-electron chi connectivity index (χ2n) is 3.58. The molecule has 1 atom stereocenters. The third kappa shape index (κ3) is 2.69. The minimum absolute atomic E-state index is 0.0251. The first-order valence-corrected chi connectivity index (χ1v) is 6.57. The normalized spacial score (nSPS) is 13.4. The number of halogens is 2. The van der Waals surface area contributed by atoms with Crippen LogP contribution in [0.4, 0.5) is 8.78 Å². The molecule has 0 heterocycles. The molecule has 3 nitrogen and oxygen atoms in total. The number of Topliss-reactive ketones (excluding diaryl/α,β-unsaturated/α-hetero) is 1. The molecule has 1 aromatic rings. The molecule has 0 aliphatic carbocycles. The maximum Gasteiger partial charge on any atom is 0.191 e. The van der Waals surface area contributed by atoms with Crippen LogP contribution in [0.3, 0.4) is 0 Å². The van der Waals surface area contributed by atoms with Crippen LogP contribution in [0, 0.1) is 11.6 Å². The molecule has 0 aliphatic heterocycles. The number of benzene rings is 1. The van der Waals surface area contributed by atoms with Crippen LogP contribution < -0.4 is 0 Å². The number of ketones is 1. The number of rotatable bonds is 4. The average Bonchev–Trinajstić information content (AvgIpc) is 2.30. The Morgan fingerprint density at radius 3 is 2.47 bits per heavy atom. The van der Waals surface area contributed by atoms with Crippen LogP contribution in [0.15, 0.2) is 23.1 Å². The summed E-state index contributed by atoms with van der Waals surface area (Å²) in [6.07, 6.45) is 0.0251. The smallest absolute Gasteiger partial charge is 0.191 e. The Balaban J connectivity index is 3.31. The van der Waals surface area contributed by atoms with Crippen molar-refractivity contribution in [3.63, 3.8) is 0 Å². The van der Waals surface area contributed by atoms with Gasteiger partial charge in [0, 0.05) is 6.42 Å². The quantitative estimate of drug-likeness (QED) is 0.835. The molecular formula is C11H12F2O3S. The molecule has 0 bridgehead atoms. The fourth-order valence-corrected chi connectivity index (χ4v) is 2.86. The van der Waals surface area contributed by atoms with Crippen LogP contribution in [0.2, 0.25) is 0 Å². The molecular weight excluding hydrogens is 250 g/mol. The van der Waals surface area contributed by atoms with Gasteiger partial charge in [-0.25, -0.2) is 17.2 Å². The van der Waals surface area contributed by atoms with Crippen LogP contribution in [-0.2, 0) is 14.6 Å². The fourth-order valence-electron chi connectivity index (χ4n) is 1.35. The van der Waals surface area contributed by atoms with Gasteiger partial charge in [-0.05, 0) is 25.1 Å². The van der Waals surface area contributed by atoms with Gasteiger partial charge in [0.25, 0.3) is 0 Å². The Bertz CT molecular complexity index is 538. The molecule has 17 heavy (non-hydrogen) atoms. The van der Waals surface area contributed by atoms with Gasteiger partial charge in [-0.2, -0.15) is 0 Å². The van der Waals surface area contributed by atoms with E-state index in [-0.39, 0.29) is 6.42 Å². The highest BCUT2D eigenvalue weighted by Gasteiger charge is 2.31. The monoisotopic (exact) mass is 262 g/mol. The zero-order valence-electron chi connectivity index (χ0n) is 9.41. The molecule has 0 saturated heterocycles. The van der Waals surface area contributed by atoms with Crippen molar-refractivity contribution in [2.45, 2.75) is 30.4 Å². The zero-order chi connectivity index (χ0) is 13.2. The highest BCUT2D eigenvalue weighted by molar-refractivity contribution is 7.92. The Labute approximate surface area is 98.4 Å². The molecule has 0 saturated carbocycles. The maximum atomic E-state index is 13.3. The molecule has 0 N–H and O–H groups in total. The van der Waals surface area contributed by atoms with Crippen LogP contribution >= 0.6 is 0 Å². The molecule has 0 aliphatic rings. The van der Waals surface area contributed by atoms with Gasteiger partial charge >= 0.3 is 0 Å². The van der Waals surface area contributed by atoms with Gasteiger partial charge in [0.1, 0.15) is 21.8 Å². The molecule has 1 rings (SSSR count). The van der Waals surface area contributed by atoms with Gasteiger partial charge in [-0.3, -0.25) is 4.79 Å². The third-order valence-electron chi connectivity index (χ3n) is 2.47. The summed E-state index contributed by atoms with van der Waals surface area (Å²) in [7, 11) is -4.17. The van der Waals surface area contributed by atoms with E-state index in [4.69, 9.17) is 0 Å². The minimum atomic E-state index is -4.17. The van der Waals surface area contributed by atoms with Crippen molar-refractivity contribution in [3.8, 4) is 0 Å². The highest BCUT2D eigenvalue weighted by atomic mass is 32.2. The summed E-state index contributed by atoms with van der Waals surface area (Å²) in [4.78, 5) is 10.6. The van der Waals surface area contributed by atoms with Crippen LogP contribution in [-0.4, -0.2) is 19.5 Å². The van der Waals surface area contributed by atoms with E-state index in [0.717, 1.165) is 12.1 Å². The first-order valence-electron chi connectivity index (χ1n) is 5.02. The van der Waals surface area contributed by atoms with Crippen LogP contribution in [0.5, 0.6) is 0 Å². The summed E-state index contributed by atoms with van der Waals surface area (Å²) in [5.74, 6) is -2.45. The second kappa shape index (κ2) is 4.91. The van der Waals surface area contributed by atoms with E-state index in [0.29, 0.717) is 6.07 Å². The van der Waals surface area contributed by atoms with Gasteiger partial charge < -0.3 is 0 Å². The summed E-state index contributed by atoms with van der Waals surface area (Å²) in [5.41, 5.74) is 0. The van der Waals surface area contributed by atoms with Crippen LogP contribution in [0.1, 0.15) is 20.3 Å². The third-order valence-corrected chi connectivity index (χ3v) is 4.59. The number of carbonyl (C=O) groups excluding carboxylic acids is 1. The van der Waals surface area contributed by atoms with Crippen molar-refractivity contribution in [2.75, 3.05) is 0 Å². The van der Waals surface area contributed by atoms with Gasteiger partial charge in [-0.15, -0.1) is 0 Å². The molecule has 0 amide bonds. The summed E-state index contributed by atoms with van der Waals surface area (Å²) < 4.78 is 50.0. The minimum Gasteiger partial charge on any atom is -0.298 e. The van der Waals surface area contributed by atoms with E-state index < -0.39 is 37.4 Å². The van der Waals surface area contributed by atoms with Gasteiger partial charge in [-0.1, -0.05) is 6.92 Å². The van der Waals surface area contributed by atoms with Crippen molar-refractivity contribution in [1.82, 2.24) is 0 Å². The van der Waals surface area contributed by atoms with Crippen molar-refractivity contribution in [3.05, 3.63) is 29.8 Å². The Kier molecular flexibility index (Phi) is 3.98. The number of hydrogen-bond acceptors (Lipinski definition) is 3. The average molecular weight is 262 g/mol. The fraction of sp³-hybridized carbons (Fsp3) is 0.364. The lowest BCUT2D eigenvalue weighted by atomic mass is 10.2. The first-order chi connectivity index (χ1) is 7.80. The van der Waals surface area contributed by atoms with Gasteiger partial charge in [0.2, 0.25) is 0 Å². The van der Waals surface area contributed by atoms with E-state index >= 15 is 0 Å². The largest absolute Gasteiger partial charge is 0.298 e. The molecule has 1 unspecified atom stereocenters. The summed E-state index contributed by atoms with van der Waals surface area (Å²) in [5, 5.41) is -1.37. The molecule has 0 aromatic heterocycles. The summed E-state index contributed by atoms with van der Waals surface area (Å²) in [6, 6.07) is 2.14. The van der Waals surface area contributed by atoms with E-state index in [1.165, 1.54) is 13.8 Å². The topological polar surface area (TPSA) is 51.2 Å². The van der Waals surface area contributed by atoms with Crippen molar-refractivity contribution >= 4 is 15.6 Å². The van der Waals surface area contributed by atoms with E-state index in [1.54, 1.807) is 0 Å². The number of hydrogen-bond donors (Lipinski definition) is 0. The second-order valence-corrected chi connectivity index (χ2v) is 5.82. The SMILES string of the molecule is CCC(=O)C(C)S(=O)(=O)c1cc(F)ccc1F. The standard InChI is InChI=1S/C11H12F2O3S/c1-3-10(14)7(2)17(15,16)11-6-8(12)4-5-9(11)13/h4-7H,3H2,1-2H3. The Hall–Kier alpha value is -1.30. The van der Waals surface area contributed by atoms with E-state index in [1.807, 2.05) is 0 Å². The number of sulfone groups is 1. The van der Waals surface area contributed by atoms with Gasteiger partial charge in [0.15, 0.2) is 15.6 Å². The maximum absolute atomic E-state index is 13.3. The van der Waals surface area contributed by atoms with Crippen molar-refractivity contribution < 1.29 is 22.0 Å². The van der Waals surface area contributed by atoms with Crippen molar-refractivity contribution in [2.24, 2.45) is 0 Å². The van der Waals surface area contributed by atoms with Crippen molar-refractivity contribution in [1.29, 1.82) is 0 Å². The first kappa shape index (κ1) is 13.8. The van der Waals surface area contributed by atoms with E-state index in [2.05, 4.69) is 0 Å². The predicted molar refractivity (Wildman–Crippen MR) is 58.3 cm³/mol. The lowest BCUT2D eigenvalue weighted by Gasteiger charge is -2.11. The number of carbonyl (C=O) groups is 1. The molecule has 0 fully saturated rings. The molecule has 1 aromatic carbocycles. The molecule has 6 heteroatoms. The Morgan fingerprint density at radius 1 is 1.35 bits per heavy atom. The summed E-state index contributed by atoms with van der Waals surface area (Å²) in [6.45, 7) is 2.68. The molecule has 0 spiro atoms. The summed E-state index contributed by atoms with van der Waals surface area (Å²) >= 11 is 0. The lowest BCUT2D eigenvalue weighted by molar-refractivity contribution is -0.118. The zero-order valence-corrected chi connectivity index (χ0v) is 10.2. The molecule has 0 radical (unpaired) electrons. The Morgan fingerprint density at radius 2 is 1.94 bits per heavy atom. The van der Waals surface area contributed by atoms with Gasteiger partial charge in [0.05, 0.1) is 0 Å². The van der Waals surface area contributed by atoms with Crippen LogP contribution in [0.25, 0.3) is 0 Å². The van der Waals surface area contributed by atoms with E-state index in [9.17, 15) is 22.0 Å². The molecule has 94 valence electrons. The predicted octanol–water partition coefficient (Wildman–Crippen LogP) is 2.11. The highest BCUT2D eigenvalue weighted by Crippen LogP contribution is 2.21.